The highest BCUT2D eigenvalue weighted by Crippen LogP contribution is 2.43. The maximum absolute atomic E-state index is 10.8. The van der Waals surface area contributed by atoms with Crippen LogP contribution in [-0.2, 0) is 11.2 Å². The van der Waals surface area contributed by atoms with E-state index in [-0.39, 0.29) is 12.3 Å². The van der Waals surface area contributed by atoms with Gasteiger partial charge in [-0.25, -0.2) is 4.98 Å². The van der Waals surface area contributed by atoms with Crippen LogP contribution in [0.15, 0.2) is 4.42 Å². The van der Waals surface area contributed by atoms with Gasteiger partial charge < -0.3 is 9.52 Å². The zero-order valence-electron chi connectivity index (χ0n) is 9.11. The number of carboxylic acid groups (broad SMARTS) is 1. The van der Waals surface area contributed by atoms with E-state index in [1.807, 2.05) is 0 Å². The second-order valence-corrected chi connectivity index (χ2v) is 4.82. The van der Waals surface area contributed by atoms with Crippen LogP contribution in [0.2, 0.25) is 0 Å². The summed E-state index contributed by atoms with van der Waals surface area (Å²) < 4.78 is 5.74. The minimum atomic E-state index is -0.742. The van der Waals surface area contributed by atoms with E-state index < -0.39 is 5.97 Å². The second-order valence-electron chi connectivity index (χ2n) is 4.82. The number of oxazole rings is 1. The molecule has 0 aromatic carbocycles. The fourth-order valence-corrected chi connectivity index (χ4v) is 2.44. The summed E-state index contributed by atoms with van der Waals surface area (Å²) >= 11 is 0. The Morgan fingerprint density at radius 1 is 1.44 bits per heavy atom. The van der Waals surface area contributed by atoms with Crippen LogP contribution in [0, 0.1) is 0 Å². The summed E-state index contributed by atoms with van der Waals surface area (Å²) in [6.45, 7) is 0. The molecule has 1 heterocycles. The van der Waals surface area contributed by atoms with Crippen molar-refractivity contribution >= 4 is 5.97 Å². The van der Waals surface area contributed by atoms with Crippen LogP contribution in [-0.4, -0.2) is 16.1 Å². The minimum Gasteiger partial charge on any atom is -0.481 e. The smallest absolute Gasteiger partial charge is 0.304 e. The summed E-state index contributed by atoms with van der Waals surface area (Å²) in [6, 6.07) is 0. The van der Waals surface area contributed by atoms with Gasteiger partial charge in [0.15, 0.2) is 5.89 Å². The molecule has 0 spiro atoms. The average Bonchev–Trinajstić information content (AvgIpc) is 2.98. The van der Waals surface area contributed by atoms with Gasteiger partial charge in [-0.3, -0.25) is 4.79 Å². The van der Waals surface area contributed by atoms with Crippen LogP contribution in [0.25, 0.3) is 0 Å². The highest BCUT2D eigenvalue weighted by atomic mass is 16.4. The molecule has 16 heavy (non-hydrogen) atoms. The monoisotopic (exact) mass is 221 g/mol. The van der Waals surface area contributed by atoms with Gasteiger partial charge in [-0.2, -0.15) is 0 Å². The molecule has 1 saturated carbocycles. The zero-order valence-corrected chi connectivity index (χ0v) is 9.11. The Morgan fingerprint density at radius 3 is 2.94 bits per heavy atom. The van der Waals surface area contributed by atoms with Crippen molar-refractivity contribution in [3.8, 4) is 0 Å². The summed E-state index contributed by atoms with van der Waals surface area (Å²) in [6.07, 6.45) is 5.39. The molecule has 1 N–H and O–H groups in total. The lowest BCUT2D eigenvalue weighted by Crippen LogP contribution is -2.13. The standard InChI is InChI=1S/C12H15NO3/c14-10(15)6-8-2-1-3-9-11(8)13-12(16-9)7-4-5-7/h7-8H,1-6H2,(H,14,15). The predicted molar refractivity (Wildman–Crippen MR) is 56.4 cm³/mol. The molecule has 0 bridgehead atoms. The average molecular weight is 221 g/mol. The summed E-state index contributed by atoms with van der Waals surface area (Å²) in [4.78, 5) is 15.3. The van der Waals surface area contributed by atoms with Crippen molar-refractivity contribution in [1.29, 1.82) is 0 Å². The quantitative estimate of drug-likeness (QED) is 0.851. The predicted octanol–water partition coefficient (Wildman–Crippen LogP) is 2.45. The molecule has 0 radical (unpaired) electrons. The van der Waals surface area contributed by atoms with E-state index in [4.69, 9.17) is 9.52 Å². The number of nitrogens with zero attached hydrogens (tertiary/aromatic N) is 1. The van der Waals surface area contributed by atoms with E-state index in [0.717, 1.165) is 36.6 Å². The second kappa shape index (κ2) is 3.61. The van der Waals surface area contributed by atoms with Gasteiger partial charge in [-0.05, 0) is 25.7 Å². The molecule has 0 aliphatic heterocycles. The molecular formula is C12H15NO3. The molecule has 1 aromatic rings. The van der Waals surface area contributed by atoms with E-state index in [1.165, 1.54) is 12.8 Å². The number of rotatable bonds is 3. The molecule has 3 rings (SSSR count). The van der Waals surface area contributed by atoms with Crippen molar-refractivity contribution in [2.45, 2.75) is 50.4 Å². The molecule has 1 unspecified atom stereocenters. The van der Waals surface area contributed by atoms with Crippen LogP contribution in [0.4, 0.5) is 0 Å². The lowest BCUT2D eigenvalue weighted by molar-refractivity contribution is -0.137. The van der Waals surface area contributed by atoms with Crippen molar-refractivity contribution in [2.75, 3.05) is 0 Å². The third-order valence-corrected chi connectivity index (χ3v) is 3.43. The number of aromatic nitrogens is 1. The Morgan fingerprint density at radius 2 is 2.25 bits per heavy atom. The fourth-order valence-electron chi connectivity index (χ4n) is 2.44. The molecule has 1 aromatic heterocycles. The van der Waals surface area contributed by atoms with Gasteiger partial charge in [0.05, 0.1) is 12.1 Å². The summed E-state index contributed by atoms with van der Waals surface area (Å²) in [5.74, 6) is 1.63. The van der Waals surface area contributed by atoms with E-state index in [1.54, 1.807) is 0 Å². The van der Waals surface area contributed by atoms with Gasteiger partial charge in [0.1, 0.15) is 5.76 Å². The molecule has 4 nitrogen and oxygen atoms in total. The molecule has 86 valence electrons. The van der Waals surface area contributed by atoms with Crippen molar-refractivity contribution in [1.82, 2.24) is 4.98 Å². The van der Waals surface area contributed by atoms with Crippen LogP contribution >= 0.6 is 0 Å². The van der Waals surface area contributed by atoms with E-state index in [0.29, 0.717) is 5.92 Å². The van der Waals surface area contributed by atoms with Gasteiger partial charge in [0, 0.05) is 18.3 Å². The van der Waals surface area contributed by atoms with E-state index >= 15 is 0 Å². The number of aliphatic carboxylic acids is 1. The number of carbonyl (C=O) groups is 1. The topological polar surface area (TPSA) is 63.3 Å². The highest BCUT2D eigenvalue weighted by Gasteiger charge is 2.33. The Kier molecular flexibility index (Phi) is 2.23. The number of aryl methyl sites for hydroxylation is 1. The zero-order chi connectivity index (χ0) is 11.1. The third kappa shape index (κ3) is 1.72. The third-order valence-electron chi connectivity index (χ3n) is 3.43. The largest absolute Gasteiger partial charge is 0.481 e. The Balaban J connectivity index is 1.88. The van der Waals surface area contributed by atoms with E-state index in [9.17, 15) is 4.79 Å². The Labute approximate surface area is 93.7 Å². The fraction of sp³-hybridized carbons (Fsp3) is 0.667. The van der Waals surface area contributed by atoms with Crippen molar-refractivity contribution < 1.29 is 14.3 Å². The SMILES string of the molecule is O=C(O)CC1CCCc2oc(C3CC3)nc21. The molecule has 1 atom stereocenters. The summed E-state index contributed by atoms with van der Waals surface area (Å²) in [5, 5.41) is 8.86. The Hall–Kier alpha value is -1.32. The number of hydrogen-bond acceptors (Lipinski definition) is 3. The number of carboxylic acids is 1. The summed E-state index contributed by atoms with van der Waals surface area (Å²) in [5.41, 5.74) is 0.926. The molecule has 0 amide bonds. The molecule has 2 aliphatic carbocycles. The highest BCUT2D eigenvalue weighted by molar-refractivity contribution is 5.68. The van der Waals surface area contributed by atoms with Crippen molar-refractivity contribution in [2.24, 2.45) is 0 Å². The first-order valence-electron chi connectivity index (χ1n) is 5.95. The van der Waals surface area contributed by atoms with Gasteiger partial charge in [0.25, 0.3) is 0 Å². The van der Waals surface area contributed by atoms with Gasteiger partial charge >= 0.3 is 5.97 Å². The normalized spacial score (nSPS) is 24.1. The first kappa shape index (κ1) is 9.87. The molecular weight excluding hydrogens is 206 g/mol. The van der Waals surface area contributed by atoms with Crippen molar-refractivity contribution in [3.63, 3.8) is 0 Å². The molecule has 2 aliphatic rings. The minimum absolute atomic E-state index is 0.0671. The number of fused-ring (bicyclic) bond motifs is 1. The lowest BCUT2D eigenvalue weighted by Gasteiger charge is -2.17. The maximum Gasteiger partial charge on any atom is 0.304 e. The van der Waals surface area contributed by atoms with E-state index in [2.05, 4.69) is 4.98 Å². The van der Waals surface area contributed by atoms with Crippen molar-refractivity contribution in [3.05, 3.63) is 17.3 Å². The van der Waals surface area contributed by atoms with Crippen LogP contribution in [0.5, 0.6) is 0 Å². The molecule has 4 heteroatoms. The van der Waals surface area contributed by atoms with Gasteiger partial charge in [0.2, 0.25) is 0 Å². The van der Waals surface area contributed by atoms with Crippen LogP contribution in [0.3, 0.4) is 0 Å². The van der Waals surface area contributed by atoms with Gasteiger partial charge in [-0.15, -0.1) is 0 Å². The maximum atomic E-state index is 10.8. The lowest BCUT2D eigenvalue weighted by atomic mass is 9.88. The number of hydrogen-bond donors (Lipinski definition) is 1. The molecule has 0 saturated heterocycles. The van der Waals surface area contributed by atoms with Gasteiger partial charge in [-0.1, -0.05) is 0 Å². The van der Waals surface area contributed by atoms with Crippen LogP contribution in [0.1, 0.15) is 61.3 Å². The first-order chi connectivity index (χ1) is 7.74. The first-order valence-corrected chi connectivity index (χ1v) is 5.95. The Bertz CT molecular complexity index is 420. The summed E-state index contributed by atoms with van der Waals surface area (Å²) in [7, 11) is 0. The van der Waals surface area contributed by atoms with Crippen LogP contribution < -0.4 is 0 Å². The molecule has 1 fully saturated rings.